The summed E-state index contributed by atoms with van der Waals surface area (Å²) in [6, 6.07) is 22.0. The van der Waals surface area contributed by atoms with Crippen LogP contribution >= 0.6 is 0 Å². The van der Waals surface area contributed by atoms with Gasteiger partial charge in [-0.25, -0.2) is 4.99 Å². The lowest BCUT2D eigenvalue weighted by Gasteiger charge is -2.07. The highest BCUT2D eigenvalue weighted by Gasteiger charge is 2.15. The fraction of sp³-hybridized carbons (Fsp3) is 0.125. The van der Waals surface area contributed by atoms with Gasteiger partial charge in [-0.2, -0.15) is 0 Å². The van der Waals surface area contributed by atoms with Gasteiger partial charge in [-0.15, -0.1) is 0 Å². The summed E-state index contributed by atoms with van der Waals surface area (Å²) in [6.45, 7) is 2.01. The Morgan fingerprint density at radius 1 is 0.750 bits per heavy atom. The SMILES string of the molecule is COc1ccc(C(=O)C(=C=Nc2ccc(C)cc2)c2ccc(OC)cc2)cc1. The molecule has 0 bridgehead atoms. The summed E-state index contributed by atoms with van der Waals surface area (Å²) in [6.07, 6.45) is 0. The van der Waals surface area contributed by atoms with Gasteiger partial charge in [0.15, 0.2) is 0 Å². The molecule has 0 aromatic heterocycles. The van der Waals surface area contributed by atoms with Gasteiger partial charge in [0, 0.05) is 11.4 Å². The fourth-order valence-electron chi connectivity index (χ4n) is 2.63. The largest absolute Gasteiger partial charge is 0.497 e. The van der Waals surface area contributed by atoms with Crippen LogP contribution in [0.5, 0.6) is 11.5 Å². The standard InChI is InChI=1S/C24H21NO3/c1-17-4-10-20(11-5-17)25-16-23(18-6-12-21(27-2)13-7-18)24(26)19-8-14-22(28-3)15-9-19/h4-15H,1-3H3. The number of Topliss-reactive ketones (excluding diaryl/α,β-unsaturated/α-hetero) is 1. The van der Waals surface area contributed by atoms with Gasteiger partial charge in [-0.3, -0.25) is 4.79 Å². The Balaban J connectivity index is 2.05. The number of nitrogens with zero attached hydrogens (tertiary/aromatic N) is 1. The molecule has 3 rings (SSSR count). The van der Waals surface area contributed by atoms with E-state index >= 15 is 0 Å². The van der Waals surface area contributed by atoms with Gasteiger partial charge in [0.05, 0.1) is 25.5 Å². The number of hydrogen-bond acceptors (Lipinski definition) is 4. The average molecular weight is 371 g/mol. The Bertz CT molecular complexity index is 1010. The minimum absolute atomic E-state index is 0.163. The lowest BCUT2D eigenvalue weighted by Crippen LogP contribution is -2.03. The van der Waals surface area contributed by atoms with Crippen molar-refractivity contribution in [2.75, 3.05) is 14.2 Å². The zero-order chi connectivity index (χ0) is 19.9. The third-order valence-electron chi connectivity index (χ3n) is 4.29. The maximum absolute atomic E-state index is 13.1. The molecule has 0 aliphatic heterocycles. The Kier molecular flexibility index (Phi) is 6.05. The molecule has 0 saturated carbocycles. The molecule has 0 unspecified atom stereocenters. The van der Waals surface area contributed by atoms with Crippen LogP contribution < -0.4 is 9.47 Å². The number of aryl methyl sites for hydroxylation is 1. The number of ether oxygens (including phenoxy) is 2. The minimum Gasteiger partial charge on any atom is -0.497 e. The molecule has 0 saturated heterocycles. The summed E-state index contributed by atoms with van der Waals surface area (Å²) in [4.78, 5) is 17.5. The monoisotopic (exact) mass is 371 g/mol. The smallest absolute Gasteiger partial charge is 0.202 e. The molecule has 0 atom stereocenters. The van der Waals surface area contributed by atoms with E-state index < -0.39 is 0 Å². The second kappa shape index (κ2) is 8.85. The number of methoxy groups -OCH3 is 2. The second-order valence-electron chi connectivity index (χ2n) is 6.22. The van der Waals surface area contributed by atoms with Crippen molar-refractivity contribution in [2.45, 2.75) is 6.92 Å². The zero-order valence-corrected chi connectivity index (χ0v) is 16.1. The van der Waals surface area contributed by atoms with Crippen molar-refractivity contribution in [3.8, 4) is 11.5 Å². The molecule has 0 spiro atoms. The van der Waals surface area contributed by atoms with Crippen LogP contribution in [0.15, 0.2) is 77.8 Å². The van der Waals surface area contributed by atoms with E-state index in [4.69, 9.17) is 9.47 Å². The van der Waals surface area contributed by atoms with E-state index in [0.29, 0.717) is 16.9 Å². The molecule has 0 heterocycles. The van der Waals surface area contributed by atoms with Crippen molar-refractivity contribution in [3.63, 3.8) is 0 Å². The van der Waals surface area contributed by atoms with E-state index in [1.54, 1.807) is 38.5 Å². The number of ketones is 1. The highest BCUT2D eigenvalue weighted by Crippen LogP contribution is 2.22. The molecular weight excluding hydrogens is 350 g/mol. The second-order valence-corrected chi connectivity index (χ2v) is 6.22. The highest BCUT2D eigenvalue weighted by atomic mass is 16.5. The first-order valence-corrected chi connectivity index (χ1v) is 8.84. The van der Waals surface area contributed by atoms with Crippen molar-refractivity contribution >= 4 is 22.9 Å². The molecule has 0 aliphatic carbocycles. The topological polar surface area (TPSA) is 47.9 Å². The maximum atomic E-state index is 13.1. The molecule has 140 valence electrons. The van der Waals surface area contributed by atoms with Crippen molar-refractivity contribution < 1.29 is 14.3 Å². The first-order valence-electron chi connectivity index (χ1n) is 8.84. The first-order chi connectivity index (χ1) is 13.6. The van der Waals surface area contributed by atoms with Crippen molar-refractivity contribution in [1.82, 2.24) is 0 Å². The van der Waals surface area contributed by atoms with E-state index in [1.807, 2.05) is 55.5 Å². The number of carbonyl (C=O) groups excluding carboxylic acids is 1. The van der Waals surface area contributed by atoms with Gasteiger partial charge in [-0.05, 0) is 73.2 Å². The summed E-state index contributed by atoms with van der Waals surface area (Å²) in [5, 5.41) is 0. The number of hydrogen-bond donors (Lipinski definition) is 0. The summed E-state index contributed by atoms with van der Waals surface area (Å²) >= 11 is 0. The molecule has 0 fully saturated rings. The van der Waals surface area contributed by atoms with E-state index in [9.17, 15) is 4.79 Å². The van der Waals surface area contributed by atoms with Crippen LogP contribution in [-0.2, 0) is 0 Å². The molecule has 3 aromatic rings. The normalized spacial score (nSPS) is 9.96. The maximum Gasteiger partial charge on any atom is 0.202 e. The summed E-state index contributed by atoms with van der Waals surface area (Å²) in [7, 11) is 3.20. The predicted molar refractivity (Wildman–Crippen MR) is 112 cm³/mol. The molecule has 28 heavy (non-hydrogen) atoms. The summed E-state index contributed by atoms with van der Waals surface area (Å²) in [5.74, 6) is 4.21. The van der Waals surface area contributed by atoms with Crippen LogP contribution in [0, 0.1) is 6.92 Å². The number of carbonyl (C=O) groups is 1. The Hall–Kier alpha value is -3.62. The molecular formula is C24H21NO3. The van der Waals surface area contributed by atoms with Gasteiger partial charge in [0.25, 0.3) is 0 Å². The molecule has 3 aromatic carbocycles. The van der Waals surface area contributed by atoms with Gasteiger partial charge in [0.2, 0.25) is 5.78 Å². The van der Waals surface area contributed by atoms with Gasteiger partial charge in [0.1, 0.15) is 11.5 Å². The number of benzene rings is 3. The molecule has 4 heteroatoms. The fourth-order valence-corrected chi connectivity index (χ4v) is 2.63. The van der Waals surface area contributed by atoms with Crippen LogP contribution in [0.4, 0.5) is 5.69 Å². The molecule has 0 aliphatic rings. The van der Waals surface area contributed by atoms with Crippen LogP contribution in [0.2, 0.25) is 0 Å². The van der Waals surface area contributed by atoms with Gasteiger partial charge >= 0.3 is 0 Å². The third-order valence-corrected chi connectivity index (χ3v) is 4.29. The quantitative estimate of drug-likeness (QED) is 0.336. The van der Waals surface area contributed by atoms with Crippen molar-refractivity contribution in [3.05, 3.63) is 89.5 Å². The van der Waals surface area contributed by atoms with E-state index in [-0.39, 0.29) is 5.78 Å². The molecule has 0 N–H and O–H groups in total. The van der Waals surface area contributed by atoms with Crippen LogP contribution in [0.25, 0.3) is 5.57 Å². The lowest BCUT2D eigenvalue weighted by molar-refractivity contribution is 0.105. The van der Waals surface area contributed by atoms with Crippen LogP contribution in [0.3, 0.4) is 0 Å². The first kappa shape index (κ1) is 19.2. The Morgan fingerprint density at radius 3 is 1.75 bits per heavy atom. The Morgan fingerprint density at radius 2 is 1.25 bits per heavy atom. The molecule has 4 nitrogen and oxygen atoms in total. The average Bonchev–Trinajstić information content (AvgIpc) is 2.75. The highest BCUT2D eigenvalue weighted by molar-refractivity contribution is 6.35. The number of allylic oxidation sites excluding steroid dienone is 1. The van der Waals surface area contributed by atoms with Crippen LogP contribution in [-0.4, -0.2) is 25.9 Å². The van der Waals surface area contributed by atoms with E-state index in [2.05, 4.69) is 10.9 Å². The zero-order valence-electron chi connectivity index (χ0n) is 16.1. The predicted octanol–water partition coefficient (Wildman–Crippen LogP) is 5.28. The number of aliphatic imine (C=N–C) groups is 1. The third kappa shape index (κ3) is 4.56. The van der Waals surface area contributed by atoms with Gasteiger partial charge < -0.3 is 9.47 Å². The summed E-state index contributed by atoms with van der Waals surface area (Å²) in [5.41, 5.74) is 3.52. The van der Waals surface area contributed by atoms with Crippen molar-refractivity contribution in [2.24, 2.45) is 4.99 Å². The van der Waals surface area contributed by atoms with Crippen LogP contribution in [0.1, 0.15) is 21.5 Å². The van der Waals surface area contributed by atoms with E-state index in [1.165, 1.54) is 0 Å². The number of rotatable bonds is 6. The molecule has 0 amide bonds. The van der Waals surface area contributed by atoms with E-state index in [0.717, 1.165) is 22.6 Å². The van der Waals surface area contributed by atoms with Gasteiger partial charge in [-0.1, -0.05) is 17.7 Å². The lowest BCUT2D eigenvalue weighted by atomic mass is 9.98. The Labute approximate surface area is 164 Å². The minimum atomic E-state index is -0.163. The van der Waals surface area contributed by atoms with Crippen molar-refractivity contribution in [1.29, 1.82) is 0 Å². The summed E-state index contributed by atoms with van der Waals surface area (Å²) < 4.78 is 10.4. The molecule has 0 radical (unpaired) electrons.